The Bertz CT molecular complexity index is 3720. The summed E-state index contributed by atoms with van der Waals surface area (Å²) in [6, 6.07) is 57.3. The Kier molecular flexibility index (Phi) is 7.82. The van der Waals surface area contributed by atoms with Gasteiger partial charge >= 0.3 is 5.91 Å². The van der Waals surface area contributed by atoms with Gasteiger partial charge in [0.25, 0.3) is 46.7 Å². The topological polar surface area (TPSA) is 98.4 Å². The Labute approximate surface area is 418 Å². The molecule has 8 aromatic carbocycles. The molecule has 8 aromatic rings. The van der Waals surface area contributed by atoms with Gasteiger partial charge in [-0.2, -0.15) is 0 Å². The molecule has 0 aromatic heterocycles. The SMILES string of the molecule is Cc1cccc(Oc2ccc3c(c2)C2=[N+]4C3=NC3=[N+]5C(=NC6=[N+]7C(=NC8=[N+](C(=N2)c2ccc(Oc9cccc(C)c9)cc28)C475)c2ccc(Oc4cccc(C)c4)cc26)c2ccc(Oc4cccc(C)c4)cc23)c1. The van der Waals surface area contributed by atoms with Gasteiger partial charge in [-0.15, -0.1) is 18.3 Å². The van der Waals surface area contributed by atoms with Gasteiger partial charge in [0.1, 0.15) is 46.0 Å². The van der Waals surface area contributed by atoms with Gasteiger partial charge in [0.05, 0.1) is 44.5 Å². The van der Waals surface area contributed by atoms with Crippen molar-refractivity contribution in [2.24, 2.45) is 20.0 Å². The first kappa shape index (κ1) is 40.1. The van der Waals surface area contributed by atoms with Crippen molar-refractivity contribution in [2.45, 2.75) is 33.6 Å². The summed E-state index contributed by atoms with van der Waals surface area (Å²) in [5, 5.41) is 0. The number of fused-ring (bicyclic) bond motifs is 12. The predicted molar refractivity (Wildman–Crippen MR) is 277 cm³/mol. The van der Waals surface area contributed by atoms with Crippen molar-refractivity contribution in [3.05, 3.63) is 237 Å². The average Bonchev–Trinajstić information content (AvgIpc) is 4.22. The van der Waals surface area contributed by atoms with Crippen LogP contribution in [0.25, 0.3) is 0 Å². The molecule has 0 saturated carbocycles. The summed E-state index contributed by atoms with van der Waals surface area (Å²) in [6.45, 7) is 8.26. The highest BCUT2D eigenvalue weighted by Crippen LogP contribution is 2.49. The van der Waals surface area contributed by atoms with Gasteiger partial charge in [-0.25, -0.2) is 0 Å². The molecule has 16 rings (SSSR count). The molecule has 73 heavy (non-hydrogen) atoms. The second kappa shape index (κ2) is 14.2. The van der Waals surface area contributed by atoms with E-state index in [1.54, 1.807) is 0 Å². The molecule has 1 spiro atoms. The lowest BCUT2D eigenvalue weighted by molar-refractivity contribution is -1.06. The zero-order chi connectivity index (χ0) is 48.4. The summed E-state index contributed by atoms with van der Waals surface area (Å²) in [6.07, 6.45) is 0. The van der Waals surface area contributed by atoms with Gasteiger partial charge < -0.3 is 18.9 Å². The summed E-state index contributed by atoms with van der Waals surface area (Å²) in [5.74, 6) is 10.3. The first-order valence-corrected chi connectivity index (χ1v) is 24.3. The van der Waals surface area contributed by atoms with Crippen LogP contribution in [-0.4, -0.2) is 70.9 Å². The Morgan fingerprint density at radius 3 is 0.740 bits per heavy atom. The van der Waals surface area contributed by atoms with Crippen molar-refractivity contribution in [3.63, 3.8) is 0 Å². The number of rotatable bonds is 8. The van der Waals surface area contributed by atoms with E-state index < -0.39 is 5.91 Å². The third-order valence-corrected chi connectivity index (χ3v) is 14.5. The summed E-state index contributed by atoms with van der Waals surface area (Å²) >= 11 is 0. The maximum atomic E-state index is 6.61. The molecule has 0 unspecified atom stereocenters. The Morgan fingerprint density at radius 2 is 0.507 bits per heavy atom. The van der Waals surface area contributed by atoms with Crippen molar-refractivity contribution in [1.82, 2.24) is 0 Å². The lowest BCUT2D eigenvalue weighted by Gasteiger charge is -2.38. The van der Waals surface area contributed by atoms with Crippen LogP contribution in [0.2, 0.25) is 0 Å². The summed E-state index contributed by atoms with van der Waals surface area (Å²) in [5.41, 5.74) is 11.7. The average molecular weight is 949 g/mol. The van der Waals surface area contributed by atoms with Crippen molar-refractivity contribution >= 4 is 46.7 Å². The van der Waals surface area contributed by atoms with Crippen LogP contribution < -0.4 is 18.9 Å². The first-order chi connectivity index (χ1) is 35.7. The van der Waals surface area contributed by atoms with Gasteiger partial charge in [0, 0.05) is 0 Å². The molecule has 0 N–H and O–H groups in total. The van der Waals surface area contributed by atoms with E-state index in [0.717, 1.165) is 136 Å². The molecular formula is C61H40N8O4+4. The summed E-state index contributed by atoms with van der Waals surface area (Å²) in [7, 11) is 0. The smallest absolute Gasteiger partial charge is 0.457 e. The van der Waals surface area contributed by atoms with Gasteiger partial charge in [-0.05, 0) is 171 Å². The minimum Gasteiger partial charge on any atom is -0.457 e. The quantitative estimate of drug-likeness (QED) is 0.142. The molecular weight excluding hydrogens is 909 g/mol. The maximum Gasteiger partial charge on any atom is 0.491 e. The second-order valence-electron chi connectivity index (χ2n) is 19.5. The monoisotopic (exact) mass is 948 g/mol. The summed E-state index contributed by atoms with van der Waals surface area (Å²) < 4.78 is 35.6. The third kappa shape index (κ3) is 5.54. The van der Waals surface area contributed by atoms with E-state index >= 15 is 0 Å². The Morgan fingerprint density at radius 1 is 0.274 bits per heavy atom. The molecule has 12 heteroatoms. The third-order valence-electron chi connectivity index (χ3n) is 14.5. The van der Waals surface area contributed by atoms with Gasteiger partial charge in [-0.1, -0.05) is 68.5 Å². The predicted octanol–water partition coefficient (Wildman–Crippen LogP) is 10.9. The Balaban J connectivity index is 0.977. The van der Waals surface area contributed by atoms with Crippen molar-refractivity contribution in [1.29, 1.82) is 0 Å². The number of amidine groups is 8. The fourth-order valence-electron chi connectivity index (χ4n) is 11.5. The number of hydrogen-bond donors (Lipinski definition) is 0. The van der Waals surface area contributed by atoms with E-state index in [9.17, 15) is 0 Å². The van der Waals surface area contributed by atoms with Crippen molar-refractivity contribution in [2.75, 3.05) is 0 Å². The normalized spacial score (nSPS) is 16.7. The first-order valence-electron chi connectivity index (χ1n) is 24.3. The number of nitrogens with zero attached hydrogens (tertiary/aromatic N) is 8. The molecule has 0 atom stereocenters. The van der Waals surface area contributed by atoms with E-state index in [1.807, 2.05) is 97.1 Å². The molecule has 0 amide bonds. The molecule has 0 radical (unpaired) electrons. The molecule has 8 aliphatic rings. The zero-order valence-electron chi connectivity index (χ0n) is 39.9. The highest BCUT2D eigenvalue weighted by Gasteiger charge is 2.78. The zero-order valence-corrected chi connectivity index (χ0v) is 39.9. The molecule has 0 saturated heterocycles. The number of aryl methyl sites for hydroxylation is 4. The van der Waals surface area contributed by atoms with Crippen LogP contribution in [0.15, 0.2) is 190 Å². The van der Waals surface area contributed by atoms with E-state index in [-0.39, 0.29) is 0 Å². The molecule has 0 bridgehead atoms. The molecule has 344 valence electrons. The van der Waals surface area contributed by atoms with Crippen LogP contribution in [0.1, 0.15) is 66.8 Å². The minimum absolute atomic E-state index is 0.685. The van der Waals surface area contributed by atoms with Crippen LogP contribution in [0.5, 0.6) is 46.0 Å². The van der Waals surface area contributed by atoms with Crippen molar-refractivity contribution < 1.29 is 37.2 Å². The van der Waals surface area contributed by atoms with Crippen LogP contribution in [0, 0.1) is 27.7 Å². The van der Waals surface area contributed by atoms with E-state index in [0.29, 0.717) is 23.0 Å². The Hall–Kier alpha value is -9.68. The molecule has 8 heterocycles. The van der Waals surface area contributed by atoms with Gasteiger partial charge in [0.15, 0.2) is 0 Å². The number of aliphatic imine (C=N–C) groups is 4. The fraction of sp³-hybridized carbons (Fsp3) is 0.0820. The maximum absolute atomic E-state index is 6.61. The van der Waals surface area contributed by atoms with E-state index in [1.165, 1.54) is 0 Å². The lowest BCUT2D eigenvalue weighted by atomic mass is 10.1. The highest BCUT2D eigenvalue weighted by molar-refractivity contribution is 6.30. The molecule has 8 aliphatic heterocycles. The van der Waals surface area contributed by atoms with Gasteiger partial charge in [-0.3, -0.25) is 0 Å². The standard InChI is InChI=1S/C61H40N8O4/c1-33-9-5-13-37(25-33)70-41-17-21-45-49(29-41)57-62-54-46-22-18-42(71-38-14-6-10-34(2)26-38)30-50(46)59-64-56-48-24-20-44(73-40-16-8-12-36(4)28-40)32-52(48)60-65-55-47-23-19-43(72-39-15-7-11-35(3)27-39)31-51(47)58-63-53(45)66(57)61(67(54)59,68(55)58)69(56)60/h5-32H,1-4H3/q+4. The lowest BCUT2D eigenvalue weighted by Crippen LogP contribution is -2.76. The van der Waals surface area contributed by atoms with E-state index in [4.69, 9.17) is 38.9 Å². The number of ether oxygens (including phenoxy) is 4. The van der Waals surface area contributed by atoms with Crippen LogP contribution in [0.4, 0.5) is 0 Å². The van der Waals surface area contributed by atoms with Gasteiger partial charge in [0.2, 0.25) is 0 Å². The van der Waals surface area contributed by atoms with Crippen LogP contribution in [-0.2, 0) is 0 Å². The second-order valence-corrected chi connectivity index (χ2v) is 19.5. The largest absolute Gasteiger partial charge is 0.491 e. The summed E-state index contributed by atoms with van der Waals surface area (Å²) in [4.78, 5) is 22.8. The fourth-order valence-corrected chi connectivity index (χ4v) is 11.5. The number of benzene rings is 8. The molecule has 0 fully saturated rings. The van der Waals surface area contributed by atoms with Crippen molar-refractivity contribution in [3.8, 4) is 46.0 Å². The van der Waals surface area contributed by atoms with Crippen LogP contribution >= 0.6 is 0 Å². The molecule has 0 aliphatic carbocycles. The molecule has 12 nitrogen and oxygen atoms in total. The number of hydrogen-bond acceptors (Lipinski definition) is 8. The van der Waals surface area contributed by atoms with E-state index in [2.05, 4.69) is 119 Å². The minimum atomic E-state index is -1.27. The van der Waals surface area contributed by atoms with Crippen LogP contribution in [0.3, 0.4) is 0 Å². The highest BCUT2D eigenvalue weighted by atomic mass is 16.5.